The molecule has 100 valence electrons. The molecule has 1 rings (SSSR count). The number of likely N-dealkylation sites (N-methyl/N-ethyl adjacent to an activating group) is 1. The summed E-state index contributed by atoms with van der Waals surface area (Å²) >= 11 is 0. The van der Waals surface area contributed by atoms with E-state index in [1.165, 1.54) is 0 Å². The first-order valence-electron chi connectivity index (χ1n) is 7.10. The molecule has 0 aromatic rings. The van der Waals surface area contributed by atoms with Crippen molar-refractivity contribution in [3.8, 4) is 0 Å². The first-order chi connectivity index (χ1) is 8.08. The largest absolute Gasteiger partial charge is 0.354 e. The number of amides is 1. The van der Waals surface area contributed by atoms with Crippen molar-refractivity contribution in [3.05, 3.63) is 0 Å². The summed E-state index contributed by atoms with van der Waals surface area (Å²) < 4.78 is 0. The normalized spacial score (nSPS) is 17.5. The first-order valence-corrected chi connectivity index (χ1v) is 7.10. The number of carbonyl (C=O) groups excluding carboxylic acids is 1. The fourth-order valence-corrected chi connectivity index (χ4v) is 2.35. The molecule has 3 heteroatoms. The van der Waals surface area contributed by atoms with E-state index < -0.39 is 0 Å². The maximum atomic E-state index is 11.7. The van der Waals surface area contributed by atoms with Crippen LogP contribution in [-0.2, 0) is 4.79 Å². The third-order valence-electron chi connectivity index (χ3n) is 3.53. The fourth-order valence-electron chi connectivity index (χ4n) is 2.35. The van der Waals surface area contributed by atoms with Gasteiger partial charge in [0.25, 0.3) is 0 Å². The molecule has 1 saturated carbocycles. The lowest BCUT2D eigenvalue weighted by Crippen LogP contribution is -2.44. The topological polar surface area (TPSA) is 32.3 Å². The average Bonchev–Trinajstić information content (AvgIpc) is 3.09. The van der Waals surface area contributed by atoms with Crippen LogP contribution in [0.2, 0.25) is 0 Å². The van der Waals surface area contributed by atoms with Crippen LogP contribution in [0.1, 0.15) is 47.0 Å². The van der Waals surface area contributed by atoms with Crippen molar-refractivity contribution in [2.75, 3.05) is 19.6 Å². The molecule has 1 aliphatic carbocycles. The van der Waals surface area contributed by atoms with Crippen molar-refractivity contribution in [1.82, 2.24) is 10.2 Å². The van der Waals surface area contributed by atoms with E-state index in [0.717, 1.165) is 38.9 Å². The highest BCUT2D eigenvalue weighted by Gasteiger charge is 2.30. The van der Waals surface area contributed by atoms with E-state index in [1.54, 1.807) is 0 Å². The van der Waals surface area contributed by atoms with Gasteiger partial charge in [-0.2, -0.15) is 0 Å². The summed E-state index contributed by atoms with van der Waals surface area (Å²) in [5.74, 6) is 1.27. The minimum atomic E-state index is 0.269. The van der Waals surface area contributed by atoms with Crippen molar-refractivity contribution in [2.24, 2.45) is 11.8 Å². The van der Waals surface area contributed by atoms with E-state index in [4.69, 9.17) is 0 Å². The monoisotopic (exact) mass is 240 g/mol. The molecule has 0 bridgehead atoms. The Morgan fingerprint density at radius 1 is 1.29 bits per heavy atom. The molecule has 0 aromatic carbocycles. The van der Waals surface area contributed by atoms with E-state index in [-0.39, 0.29) is 5.91 Å². The van der Waals surface area contributed by atoms with Gasteiger partial charge < -0.3 is 5.32 Å². The van der Waals surface area contributed by atoms with Gasteiger partial charge in [0.05, 0.1) is 0 Å². The molecule has 0 aromatic heterocycles. The van der Waals surface area contributed by atoms with Crippen LogP contribution < -0.4 is 5.32 Å². The molecular weight excluding hydrogens is 212 g/mol. The summed E-state index contributed by atoms with van der Waals surface area (Å²) in [6.45, 7) is 11.8. The molecule has 0 radical (unpaired) electrons. The van der Waals surface area contributed by atoms with Gasteiger partial charge in [-0.15, -0.1) is 0 Å². The molecule has 0 aliphatic heterocycles. The Hall–Kier alpha value is -0.570. The number of rotatable bonds is 8. The molecule has 1 aliphatic rings. The number of hydrogen-bond acceptors (Lipinski definition) is 2. The van der Waals surface area contributed by atoms with E-state index in [2.05, 4.69) is 37.9 Å². The van der Waals surface area contributed by atoms with Crippen LogP contribution in [0.5, 0.6) is 0 Å². The Morgan fingerprint density at radius 3 is 2.29 bits per heavy atom. The molecule has 0 heterocycles. The molecule has 1 atom stereocenters. The Morgan fingerprint density at radius 2 is 1.88 bits per heavy atom. The summed E-state index contributed by atoms with van der Waals surface area (Å²) in [4.78, 5) is 14.1. The van der Waals surface area contributed by atoms with E-state index in [9.17, 15) is 4.79 Å². The highest BCUT2D eigenvalue weighted by Crippen LogP contribution is 2.28. The molecule has 17 heavy (non-hydrogen) atoms. The number of nitrogens with one attached hydrogen (secondary N) is 1. The maximum Gasteiger partial charge on any atom is 0.223 e. The number of nitrogens with zero attached hydrogens (tertiary/aromatic N) is 1. The quantitative estimate of drug-likeness (QED) is 0.706. The molecule has 1 N–H and O–H groups in total. The van der Waals surface area contributed by atoms with Gasteiger partial charge in [0.1, 0.15) is 0 Å². The second-order valence-corrected chi connectivity index (χ2v) is 5.52. The van der Waals surface area contributed by atoms with Crippen LogP contribution in [0.4, 0.5) is 0 Å². The number of carbonyl (C=O) groups is 1. The van der Waals surface area contributed by atoms with Crippen LogP contribution in [-0.4, -0.2) is 36.5 Å². The molecule has 0 spiro atoms. The van der Waals surface area contributed by atoms with E-state index >= 15 is 0 Å². The average molecular weight is 240 g/mol. The fraction of sp³-hybridized carbons (Fsp3) is 0.929. The van der Waals surface area contributed by atoms with E-state index in [1.807, 2.05) is 0 Å². The lowest BCUT2D eigenvalue weighted by atomic mass is 10.0. The minimum absolute atomic E-state index is 0.269. The molecular formula is C14H28N2O. The zero-order valence-electron chi connectivity index (χ0n) is 11.8. The third kappa shape index (κ3) is 5.07. The Kier molecular flexibility index (Phi) is 5.96. The van der Waals surface area contributed by atoms with Gasteiger partial charge in [0.15, 0.2) is 0 Å². The Bertz CT molecular complexity index is 232. The van der Waals surface area contributed by atoms with Gasteiger partial charge in [0.2, 0.25) is 5.91 Å². The summed E-state index contributed by atoms with van der Waals surface area (Å²) in [7, 11) is 0. The lowest BCUT2D eigenvalue weighted by Gasteiger charge is -2.31. The van der Waals surface area contributed by atoms with Crippen LogP contribution in [0.25, 0.3) is 0 Å². The van der Waals surface area contributed by atoms with Crippen molar-refractivity contribution in [3.63, 3.8) is 0 Å². The van der Waals surface area contributed by atoms with Gasteiger partial charge in [0, 0.05) is 18.5 Å². The van der Waals surface area contributed by atoms with Crippen LogP contribution in [0.3, 0.4) is 0 Å². The standard InChI is InChI=1S/C14H28N2O/c1-5-16(6-2)13(9-11(3)4)10-15-14(17)12-7-8-12/h11-13H,5-10H2,1-4H3,(H,15,17). The molecule has 0 saturated heterocycles. The second-order valence-electron chi connectivity index (χ2n) is 5.52. The van der Waals surface area contributed by atoms with Crippen molar-refractivity contribution < 1.29 is 4.79 Å². The predicted octanol–water partition coefficient (Wildman–Crippen LogP) is 2.27. The first kappa shape index (κ1) is 14.5. The lowest BCUT2D eigenvalue weighted by molar-refractivity contribution is -0.122. The van der Waals surface area contributed by atoms with Gasteiger partial charge in [-0.05, 0) is 38.3 Å². The summed E-state index contributed by atoms with van der Waals surface area (Å²) in [6.07, 6.45) is 3.34. The van der Waals surface area contributed by atoms with E-state index in [0.29, 0.717) is 17.9 Å². The second kappa shape index (κ2) is 7.00. The van der Waals surface area contributed by atoms with Crippen LogP contribution in [0, 0.1) is 11.8 Å². The summed E-state index contributed by atoms with van der Waals surface area (Å²) in [5.41, 5.74) is 0. The Labute approximate surface area is 106 Å². The van der Waals surface area contributed by atoms with Gasteiger partial charge in [-0.25, -0.2) is 0 Å². The van der Waals surface area contributed by atoms with Crippen molar-refractivity contribution in [2.45, 2.75) is 53.0 Å². The van der Waals surface area contributed by atoms with Crippen molar-refractivity contribution >= 4 is 5.91 Å². The molecule has 3 nitrogen and oxygen atoms in total. The zero-order chi connectivity index (χ0) is 12.8. The molecule has 1 unspecified atom stereocenters. The maximum absolute atomic E-state index is 11.7. The molecule has 1 amide bonds. The third-order valence-corrected chi connectivity index (χ3v) is 3.53. The van der Waals surface area contributed by atoms with Gasteiger partial charge in [-0.1, -0.05) is 27.7 Å². The predicted molar refractivity (Wildman–Crippen MR) is 71.9 cm³/mol. The SMILES string of the molecule is CCN(CC)C(CNC(=O)C1CC1)CC(C)C. The van der Waals surface area contributed by atoms with Gasteiger partial charge >= 0.3 is 0 Å². The minimum Gasteiger partial charge on any atom is -0.354 e. The summed E-state index contributed by atoms with van der Waals surface area (Å²) in [6, 6.07) is 0.493. The summed E-state index contributed by atoms with van der Waals surface area (Å²) in [5, 5.41) is 3.12. The zero-order valence-corrected chi connectivity index (χ0v) is 11.8. The molecule has 1 fully saturated rings. The van der Waals surface area contributed by atoms with Crippen LogP contribution in [0.15, 0.2) is 0 Å². The number of hydrogen-bond donors (Lipinski definition) is 1. The van der Waals surface area contributed by atoms with Crippen LogP contribution >= 0.6 is 0 Å². The van der Waals surface area contributed by atoms with Gasteiger partial charge in [-0.3, -0.25) is 9.69 Å². The highest BCUT2D eigenvalue weighted by molar-refractivity contribution is 5.80. The highest BCUT2D eigenvalue weighted by atomic mass is 16.2. The Balaban J connectivity index is 2.40. The van der Waals surface area contributed by atoms with Crippen molar-refractivity contribution in [1.29, 1.82) is 0 Å². The smallest absolute Gasteiger partial charge is 0.223 e.